The molecule has 3 nitrogen and oxygen atoms in total. The van der Waals surface area contributed by atoms with Crippen molar-refractivity contribution in [2.75, 3.05) is 13.2 Å². The number of hydrogen-bond donors (Lipinski definition) is 2. The van der Waals surface area contributed by atoms with Crippen molar-refractivity contribution in [3.63, 3.8) is 0 Å². The van der Waals surface area contributed by atoms with E-state index < -0.39 is 0 Å². The minimum absolute atomic E-state index is 0.0242. The van der Waals surface area contributed by atoms with E-state index >= 15 is 0 Å². The van der Waals surface area contributed by atoms with Gasteiger partial charge in [-0.05, 0) is 44.8 Å². The first-order valence-electron chi connectivity index (χ1n) is 6.07. The zero-order valence-electron chi connectivity index (χ0n) is 10.8. The molecule has 0 aromatic heterocycles. The molecule has 0 amide bonds. The molecule has 1 atom stereocenters. The molecular weight excluding hydrogens is 220 g/mol. The van der Waals surface area contributed by atoms with E-state index in [9.17, 15) is 0 Å². The van der Waals surface area contributed by atoms with Gasteiger partial charge >= 0.3 is 0 Å². The molecule has 0 spiro atoms. The summed E-state index contributed by atoms with van der Waals surface area (Å²) in [5, 5.41) is 7.38. The van der Waals surface area contributed by atoms with Crippen LogP contribution in [0.2, 0.25) is 0 Å². The van der Waals surface area contributed by atoms with Gasteiger partial charge in [-0.2, -0.15) is 0 Å². The van der Waals surface area contributed by atoms with Gasteiger partial charge in [-0.1, -0.05) is 13.8 Å². The van der Waals surface area contributed by atoms with Crippen molar-refractivity contribution in [1.29, 1.82) is 0 Å². The summed E-state index contributed by atoms with van der Waals surface area (Å²) in [5.41, 5.74) is -0.0242. The average molecular weight is 244 g/mol. The molecule has 94 valence electrons. The number of rotatable bonds is 3. The van der Waals surface area contributed by atoms with Gasteiger partial charge in [0.15, 0.2) is 5.11 Å². The maximum atomic E-state index is 5.67. The standard InChI is InChI=1S/C12H24N2OS/c1-9(2)8-13-11(16)14-10-5-6-15-12(3,4)7-10/h9-10H,5-8H2,1-4H3,(H2,13,14,16). The zero-order chi connectivity index (χ0) is 12.2. The lowest BCUT2D eigenvalue weighted by atomic mass is 9.94. The van der Waals surface area contributed by atoms with Gasteiger partial charge in [-0.25, -0.2) is 0 Å². The third-order valence-electron chi connectivity index (χ3n) is 2.70. The summed E-state index contributed by atoms with van der Waals surface area (Å²) in [4.78, 5) is 0. The first-order valence-corrected chi connectivity index (χ1v) is 6.48. The third kappa shape index (κ3) is 5.12. The van der Waals surface area contributed by atoms with Crippen molar-refractivity contribution < 1.29 is 4.74 Å². The summed E-state index contributed by atoms with van der Waals surface area (Å²) in [6.07, 6.45) is 2.05. The maximum absolute atomic E-state index is 5.67. The van der Waals surface area contributed by atoms with Crippen LogP contribution in [0.5, 0.6) is 0 Å². The predicted octanol–water partition coefficient (Wildman–Crippen LogP) is 2.06. The predicted molar refractivity (Wildman–Crippen MR) is 71.6 cm³/mol. The fourth-order valence-electron chi connectivity index (χ4n) is 1.89. The molecule has 0 saturated carbocycles. The summed E-state index contributed by atoms with van der Waals surface area (Å²) in [5.74, 6) is 0.617. The Labute approximate surface area is 104 Å². The van der Waals surface area contributed by atoms with Crippen molar-refractivity contribution in [3.8, 4) is 0 Å². The second-order valence-electron chi connectivity index (χ2n) is 5.55. The lowest BCUT2D eigenvalue weighted by Crippen LogP contribution is -2.49. The van der Waals surface area contributed by atoms with E-state index in [0.717, 1.165) is 31.1 Å². The molecule has 1 unspecified atom stereocenters. The molecule has 16 heavy (non-hydrogen) atoms. The van der Waals surface area contributed by atoms with Gasteiger partial charge in [0.25, 0.3) is 0 Å². The average Bonchev–Trinajstić information content (AvgIpc) is 2.13. The van der Waals surface area contributed by atoms with Gasteiger partial charge in [0, 0.05) is 19.2 Å². The fourth-order valence-corrected chi connectivity index (χ4v) is 2.14. The smallest absolute Gasteiger partial charge is 0.166 e. The van der Waals surface area contributed by atoms with E-state index in [4.69, 9.17) is 17.0 Å². The van der Waals surface area contributed by atoms with Gasteiger partial charge < -0.3 is 15.4 Å². The van der Waals surface area contributed by atoms with Crippen molar-refractivity contribution in [2.45, 2.75) is 52.2 Å². The Hall–Kier alpha value is -0.350. The number of ether oxygens (including phenoxy) is 1. The van der Waals surface area contributed by atoms with Crippen molar-refractivity contribution >= 4 is 17.3 Å². The van der Waals surface area contributed by atoms with E-state index in [-0.39, 0.29) is 5.60 Å². The minimum Gasteiger partial charge on any atom is -0.375 e. The molecule has 1 fully saturated rings. The Balaban J connectivity index is 2.28. The van der Waals surface area contributed by atoms with Crippen molar-refractivity contribution in [2.24, 2.45) is 5.92 Å². The molecule has 0 radical (unpaired) electrons. The number of hydrogen-bond acceptors (Lipinski definition) is 2. The highest BCUT2D eigenvalue weighted by molar-refractivity contribution is 7.80. The lowest BCUT2D eigenvalue weighted by Gasteiger charge is -2.36. The van der Waals surface area contributed by atoms with Crippen LogP contribution in [0.15, 0.2) is 0 Å². The van der Waals surface area contributed by atoms with Crippen molar-refractivity contribution in [3.05, 3.63) is 0 Å². The van der Waals surface area contributed by atoms with Gasteiger partial charge in [0.1, 0.15) is 0 Å². The quantitative estimate of drug-likeness (QED) is 0.745. The largest absolute Gasteiger partial charge is 0.375 e. The van der Waals surface area contributed by atoms with Crippen molar-refractivity contribution in [1.82, 2.24) is 10.6 Å². The molecule has 1 heterocycles. The lowest BCUT2D eigenvalue weighted by molar-refractivity contribution is -0.0604. The van der Waals surface area contributed by atoms with Gasteiger partial charge in [-0.15, -0.1) is 0 Å². The third-order valence-corrected chi connectivity index (χ3v) is 2.97. The molecule has 0 aromatic carbocycles. The monoisotopic (exact) mass is 244 g/mol. The molecule has 2 N–H and O–H groups in total. The summed E-state index contributed by atoms with van der Waals surface area (Å²) < 4.78 is 5.67. The molecule has 0 bridgehead atoms. The van der Waals surface area contributed by atoms with E-state index in [0.29, 0.717) is 12.0 Å². The molecule has 1 aliphatic rings. The van der Waals surface area contributed by atoms with Gasteiger partial charge in [-0.3, -0.25) is 0 Å². The van der Waals surface area contributed by atoms with E-state index in [1.54, 1.807) is 0 Å². The molecule has 4 heteroatoms. The normalized spacial score (nSPS) is 24.2. The Bertz CT molecular complexity index is 241. The van der Waals surface area contributed by atoms with Crippen LogP contribution in [0.3, 0.4) is 0 Å². The topological polar surface area (TPSA) is 33.3 Å². The van der Waals surface area contributed by atoms with E-state index in [2.05, 4.69) is 38.3 Å². The maximum Gasteiger partial charge on any atom is 0.166 e. The highest BCUT2D eigenvalue weighted by atomic mass is 32.1. The Kier molecular flexibility index (Phi) is 4.99. The van der Waals surface area contributed by atoms with Crippen LogP contribution in [0.4, 0.5) is 0 Å². The zero-order valence-corrected chi connectivity index (χ0v) is 11.6. The van der Waals surface area contributed by atoms with Crippen LogP contribution in [-0.2, 0) is 4.74 Å². The molecule has 1 aliphatic heterocycles. The summed E-state index contributed by atoms with van der Waals surface area (Å²) in [7, 11) is 0. The molecule has 1 rings (SSSR count). The Morgan fingerprint density at radius 1 is 1.50 bits per heavy atom. The SMILES string of the molecule is CC(C)CNC(=S)NC1CCOC(C)(C)C1. The Morgan fingerprint density at radius 2 is 2.19 bits per heavy atom. The summed E-state index contributed by atoms with van der Waals surface area (Å²) >= 11 is 5.27. The molecule has 0 aliphatic carbocycles. The minimum atomic E-state index is -0.0242. The fraction of sp³-hybridized carbons (Fsp3) is 0.917. The second kappa shape index (κ2) is 5.82. The summed E-state index contributed by atoms with van der Waals surface area (Å²) in [6, 6.07) is 0.441. The second-order valence-corrected chi connectivity index (χ2v) is 5.95. The first-order chi connectivity index (χ1) is 7.39. The first kappa shape index (κ1) is 13.7. The van der Waals surface area contributed by atoms with Crippen LogP contribution in [0.25, 0.3) is 0 Å². The van der Waals surface area contributed by atoms with Crippen LogP contribution in [-0.4, -0.2) is 29.9 Å². The Morgan fingerprint density at radius 3 is 2.75 bits per heavy atom. The van der Waals surface area contributed by atoms with Crippen LogP contribution < -0.4 is 10.6 Å². The highest BCUT2D eigenvalue weighted by Gasteiger charge is 2.28. The number of thiocarbonyl (C=S) groups is 1. The van der Waals surface area contributed by atoms with Gasteiger partial charge in [0.05, 0.1) is 5.60 Å². The van der Waals surface area contributed by atoms with E-state index in [1.807, 2.05) is 0 Å². The van der Waals surface area contributed by atoms with Crippen LogP contribution in [0.1, 0.15) is 40.5 Å². The van der Waals surface area contributed by atoms with Crippen LogP contribution >= 0.6 is 12.2 Å². The highest BCUT2D eigenvalue weighted by Crippen LogP contribution is 2.23. The van der Waals surface area contributed by atoms with E-state index in [1.165, 1.54) is 0 Å². The summed E-state index contributed by atoms with van der Waals surface area (Å²) in [6.45, 7) is 10.4. The van der Waals surface area contributed by atoms with Crippen LogP contribution in [0, 0.1) is 5.92 Å². The molecular formula is C12H24N2OS. The number of nitrogens with one attached hydrogen (secondary N) is 2. The van der Waals surface area contributed by atoms with Gasteiger partial charge in [0.2, 0.25) is 0 Å². The molecule has 1 saturated heterocycles. The molecule has 0 aromatic rings.